The predicted octanol–water partition coefficient (Wildman–Crippen LogP) is 3.05. The fourth-order valence-electron chi connectivity index (χ4n) is 2.41. The minimum Gasteiger partial charge on any atom is -0.408 e. The molecule has 1 aromatic rings. The lowest BCUT2D eigenvalue weighted by Gasteiger charge is -2.24. The maximum atomic E-state index is 14.1. The van der Waals surface area contributed by atoms with E-state index in [9.17, 15) is 30.4 Å². The minimum atomic E-state index is -5.14. The maximum Gasteiger partial charge on any atom is 0.341 e. The van der Waals surface area contributed by atoms with Crippen molar-refractivity contribution in [3.05, 3.63) is 29.1 Å². The Bertz CT molecular complexity index is 690. The van der Waals surface area contributed by atoms with Gasteiger partial charge in [0, 0.05) is 17.5 Å². The largest absolute Gasteiger partial charge is 0.408 e. The summed E-state index contributed by atoms with van der Waals surface area (Å²) in [5, 5.41) is 0. The summed E-state index contributed by atoms with van der Waals surface area (Å²) >= 11 is 0. The third-order valence-corrected chi connectivity index (χ3v) is 5.52. The molecule has 1 unspecified atom stereocenters. The number of sulfone groups is 1. The molecule has 0 bridgehead atoms. The van der Waals surface area contributed by atoms with E-state index < -0.39 is 64.9 Å². The van der Waals surface area contributed by atoms with Gasteiger partial charge in [-0.1, -0.05) is 0 Å². The van der Waals surface area contributed by atoms with E-state index in [-0.39, 0.29) is 0 Å². The smallest absolute Gasteiger partial charge is 0.341 e. The Morgan fingerprint density at radius 3 is 2.41 bits per heavy atom. The first-order valence-corrected chi connectivity index (χ1v) is 10.7. The fraction of sp³-hybridized carbons (Fsp3) is 0.500. The zero-order valence-corrected chi connectivity index (χ0v) is 13.6. The van der Waals surface area contributed by atoms with Crippen LogP contribution in [0.3, 0.4) is 0 Å². The van der Waals surface area contributed by atoms with Crippen molar-refractivity contribution >= 4 is 18.9 Å². The number of benzene rings is 1. The van der Waals surface area contributed by atoms with Gasteiger partial charge in [0.05, 0.1) is 4.90 Å². The van der Waals surface area contributed by atoms with Crippen LogP contribution in [0.4, 0.5) is 22.0 Å². The maximum absolute atomic E-state index is 14.1. The molecule has 0 heterocycles. The SMILES string of the molecule is C[SiH](C)OC1c2c(S(=O)(=O)C(F)F)ccc(F)c2CC1(F)F. The first kappa shape index (κ1) is 17.4. The Kier molecular flexibility index (Phi) is 4.39. The van der Waals surface area contributed by atoms with Gasteiger partial charge in [-0.25, -0.2) is 21.6 Å². The van der Waals surface area contributed by atoms with Crippen LogP contribution in [0.1, 0.15) is 17.2 Å². The molecule has 0 aliphatic heterocycles. The first-order chi connectivity index (χ1) is 9.98. The Morgan fingerprint density at radius 1 is 1.32 bits per heavy atom. The van der Waals surface area contributed by atoms with E-state index in [0.29, 0.717) is 12.1 Å². The molecule has 0 N–H and O–H groups in total. The summed E-state index contributed by atoms with van der Waals surface area (Å²) in [7, 11) is -7.20. The van der Waals surface area contributed by atoms with Crippen LogP contribution in [0.25, 0.3) is 0 Å². The van der Waals surface area contributed by atoms with Gasteiger partial charge in [-0.05, 0) is 25.2 Å². The molecule has 0 saturated carbocycles. The second kappa shape index (κ2) is 5.57. The molecule has 0 saturated heterocycles. The molecule has 1 atom stereocenters. The monoisotopic (exact) mass is 360 g/mol. The molecule has 2 rings (SSSR count). The number of fused-ring (bicyclic) bond motifs is 1. The lowest BCUT2D eigenvalue weighted by atomic mass is 10.1. The third-order valence-electron chi connectivity index (χ3n) is 3.27. The summed E-state index contributed by atoms with van der Waals surface area (Å²) in [4.78, 5) is -0.990. The van der Waals surface area contributed by atoms with Gasteiger partial charge in [-0.3, -0.25) is 0 Å². The second-order valence-corrected chi connectivity index (χ2v) is 9.50. The first-order valence-electron chi connectivity index (χ1n) is 6.35. The number of hydrogen-bond donors (Lipinski definition) is 0. The van der Waals surface area contributed by atoms with Crippen LogP contribution in [-0.2, 0) is 20.7 Å². The molecule has 0 aromatic heterocycles. The molecule has 10 heteroatoms. The molecule has 1 aliphatic carbocycles. The van der Waals surface area contributed by atoms with E-state index in [1.807, 2.05) is 0 Å². The molecular weight excluding hydrogens is 347 g/mol. The van der Waals surface area contributed by atoms with Crippen LogP contribution in [0, 0.1) is 5.82 Å². The standard InChI is InChI=1S/C12H13F5O3SSi/c1-22(2)20-10-9-6(5-12(10,16)17)7(13)3-4-8(9)21(18,19)11(14)15/h3-4,10-11,22H,5H2,1-2H3. The van der Waals surface area contributed by atoms with E-state index >= 15 is 0 Å². The topological polar surface area (TPSA) is 43.4 Å². The molecule has 0 fully saturated rings. The van der Waals surface area contributed by atoms with Crippen LogP contribution in [0.15, 0.2) is 17.0 Å². The van der Waals surface area contributed by atoms with Crippen molar-refractivity contribution < 1.29 is 34.8 Å². The molecule has 0 radical (unpaired) electrons. The van der Waals surface area contributed by atoms with Crippen LogP contribution in [-0.4, -0.2) is 29.1 Å². The average molecular weight is 360 g/mol. The second-order valence-electron chi connectivity index (χ2n) is 5.25. The highest BCUT2D eigenvalue weighted by molar-refractivity contribution is 7.91. The van der Waals surface area contributed by atoms with Crippen molar-refractivity contribution in [2.75, 3.05) is 0 Å². The van der Waals surface area contributed by atoms with Crippen molar-refractivity contribution in [1.29, 1.82) is 0 Å². The van der Waals surface area contributed by atoms with Gasteiger partial charge in [0.2, 0.25) is 9.84 Å². The quantitative estimate of drug-likeness (QED) is 0.471. The highest BCUT2D eigenvalue weighted by Gasteiger charge is 2.52. The number of hydrogen-bond acceptors (Lipinski definition) is 3. The highest BCUT2D eigenvalue weighted by atomic mass is 32.2. The molecule has 124 valence electrons. The highest BCUT2D eigenvalue weighted by Crippen LogP contribution is 2.49. The van der Waals surface area contributed by atoms with Crippen molar-refractivity contribution in [2.45, 2.75) is 42.2 Å². The Balaban J connectivity index is 2.72. The van der Waals surface area contributed by atoms with Crippen LogP contribution >= 0.6 is 0 Å². The zero-order chi connectivity index (χ0) is 16.9. The van der Waals surface area contributed by atoms with Crippen molar-refractivity contribution in [1.82, 2.24) is 0 Å². The van der Waals surface area contributed by atoms with E-state index in [0.717, 1.165) is 0 Å². The van der Waals surface area contributed by atoms with E-state index in [1.54, 1.807) is 13.1 Å². The van der Waals surface area contributed by atoms with Crippen molar-refractivity contribution in [3.8, 4) is 0 Å². The van der Waals surface area contributed by atoms with Gasteiger partial charge < -0.3 is 4.43 Å². The van der Waals surface area contributed by atoms with Crippen molar-refractivity contribution in [3.63, 3.8) is 0 Å². The van der Waals surface area contributed by atoms with E-state index in [4.69, 9.17) is 4.43 Å². The number of alkyl halides is 4. The van der Waals surface area contributed by atoms with E-state index in [2.05, 4.69) is 0 Å². The summed E-state index contributed by atoms with van der Waals surface area (Å²) in [5.74, 6) is -8.39. The van der Waals surface area contributed by atoms with Crippen LogP contribution in [0.5, 0.6) is 0 Å². The van der Waals surface area contributed by atoms with Gasteiger partial charge in [-0.15, -0.1) is 0 Å². The summed E-state index contributed by atoms with van der Waals surface area (Å²) in [6.07, 6.45) is -3.10. The predicted molar refractivity (Wildman–Crippen MR) is 70.9 cm³/mol. The Hall–Kier alpha value is -1.00. The molecular formula is C12H13F5O3SSi. The summed E-state index contributed by atoms with van der Waals surface area (Å²) in [6, 6.07) is 1.20. The fourth-order valence-corrected chi connectivity index (χ4v) is 4.27. The molecule has 1 aromatic carbocycles. The van der Waals surface area contributed by atoms with Gasteiger partial charge in [0.25, 0.3) is 5.92 Å². The van der Waals surface area contributed by atoms with Gasteiger partial charge in [0.1, 0.15) is 11.9 Å². The van der Waals surface area contributed by atoms with Crippen LogP contribution < -0.4 is 0 Å². The van der Waals surface area contributed by atoms with Gasteiger partial charge in [0.15, 0.2) is 9.04 Å². The lowest BCUT2D eigenvalue weighted by molar-refractivity contribution is -0.0869. The van der Waals surface area contributed by atoms with E-state index in [1.165, 1.54) is 0 Å². The normalized spacial score (nSPS) is 20.7. The molecule has 3 nitrogen and oxygen atoms in total. The summed E-state index contributed by atoms with van der Waals surface area (Å²) in [6.45, 7) is 3.13. The molecule has 0 amide bonds. The number of halogens is 5. The number of rotatable bonds is 4. The third kappa shape index (κ3) is 2.79. The summed E-state index contributed by atoms with van der Waals surface area (Å²) in [5.41, 5.74) is -1.25. The van der Waals surface area contributed by atoms with Gasteiger partial charge >= 0.3 is 5.76 Å². The van der Waals surface area contributed by atoms with Crippen molar-refractivity contribution in [2.24, 2.45) is 0 Å². The Morgan fingerprint density at radius 2 is 1.91 bits per heavy atom. The minimum absolute atomic E-state index is 0.577. The molecule has 22 heavy (non-hydrogen) atoms. The van der Waals surface area contributed by atoms with Crippen LogP contribution in [0.2, 0.25) is 13.1 Å². The molecule has 1 aliphatic rings. The zero-order valence-electron chi connectivity index (χ0n) is 11.6. The summed E-state index contributed by atoms with van der Waals surface area (Å²) < 4.78 is 95.9. The van der Waals surface area contributed by atoms with Gasteiger partial charge in [-0.2, -0.15) is 8.78 Å². The average Bonchev–Trinajstić information content (AvgIpc) is 2.62. The Labute approximate surface area is 125 Å². The lowest BCUT2D eigenvalue weighted by Crippen LogP contribution is -2.29. The molecule has 0 spiro atoms.